The highest BCUT2D eigenvalue weighted by Crippen LogP contribution is 2.21. The van der Waals surface area contributed by atoms with Crippen LogP contribution in [0.25, 0.3) is 10.9 Å². The van der Waals surface area contributed by atoms with E-state index in [4.69, 9.17) is 0 Å². The summed E-state index contributed by atoms with van der Waals surface area (Å²) >= 11 is 1.61. The maximum atomic E-state index is 13.4. The monoisotopic (exact) mass is 416 g/mol. The van der Waals surface area contributed by atoms with Crippen molar-refractivity contribution in [1.82, 2.24) is 9.88 Å². The number of H-pyrrole nitrogens is 1. The van der Waals surface area contributed by atoms with Gasteiger partial charge in [-0.15, -0.1) is 11.3 Å². The van der Waals surface area contributed by atoms with Gasteiger partial charge in [-0.1, -0.05) is 35.9 Å². The fourth-order valence-electron chi connectivity index (χ4n) is 3.83. The Balaban J connectivity index is 1.75. The van der Waals surface area contributed by atoms with E-state index in [0.717, 1.165) is 32.5 Å². The van der Waals surface area contributed by atoms with E-state index in [1.54, 1.807) is 16.2 Å². The molecule has 0 aliphatic rings. The number of benzene rings is 2. The number of aromatic amines is 1. The SMILES string of the molecule is Cc1cc(C)c2[nH]c(=O)c(CN(Cc3cccs3)C(=O)c3ccccc3C)cc2c1. The summed E-state index contributed by atoms with van der Waals surface area (Å²) in [6, 6.07) is 17.6. The number of carbonyl (C=O) groups is 1. The van der Waals surface area contributed by atoms with Crippen LogP contribution in [0.15, 0.2) is 64.8 Å². The molecule has 2 heterocycles. The number of nitrogens with one attached hydrogen (secondary N) is 1. The first-order valence-corrected chi connectivity index (χ1v) is 10.8. The van der Waals surface area contributed by atoms with Crippen molar-refractivity contribution in [3.05, 3.63) is 103 Å². The predicted molar refractivity (Wildman–Crippen MR) is 123 cm³/mol. The predicted octanol–water partition coefficient (Wildman–Crippen LogP) is 5.36. The van der Waals surface area contributed by atoms with Gasteiger partial charge in [0.05, 0.1) is 18.6 Å². The zero-order chi connectivity index (χ0) is 21.3. The molecule has 152 valence electrons. The van der Waals surface area contributed by atoms with Crippen molar-refractivity contribution in [1.29, 1.82) is 0 Å². The first-order valence-electron chi connectivity index (χ1n) is 9.93. The van der Waals surface area contributed by atoms with Crippen LogP contribution in [-0.4, -0.2) is 15.8 Å². The van der Waals surface area contributed by atoms with E-state index in [1.165, 1.54) is 0 Å². The van der Waals surface area contributed by atoms with Crippen molar-refractivity contribution in [3.63, 3.8) is 0 Å². The van der Waals surface area contributed by atoms with Crippen molar-refractivity contribution >= 4 is 28.1 Å². The second kappa shape index (κ2) is 8.28. The smallest absolute Gasteiger partial charge is 0.254 e. The molecule has 0 bridgehead atoms. The minimum absolute atomic E-state index is 0.0681. The molecule has 4 rings (SSSR count). The summed E-state index contributed by atoms with van der Waals surface area (Å²) in [6.07, 6.45) is 0. The molecule has 0 unspecified atom stereocenters. The Morgan fingerprint density at radius 2 is 1.77 bits per heavy atom. The standard InChI is InChI=1S/C25H24N2O2S/c1-16-11-18(3)23-19(12-16)13-20(24(28)26-23)14-27(15-21-8-6-10-30-21)25(29)22-9-5-4-7-17(22)2/h4-13H,14-15H2,1-3H3,(H,26,28). The van der Waals surface area contributed by atoms with E-state index in [-0.39, 0.29) is 18.0 Å². The number of aromatic nitrogens is 1. The molecule has 4 nitrogen and oxygen atoms in total. The van der Waals surface area contributed by atoms with Gasteiger partial charge in [-0.05, 0) is 66.9 Å². The van der Waals surface area contributed by atoms with E-state index in [2.05, 4.69) is 17.1 Å². The molecule has 5 heteroatoms. The lowest BCUT2D eigenvalue weighted by atomic mass is 10.0. The molecule has 0 atom stereocenters. The molecule has 0 fully saturated rings. The Bertz CT molecular complexity index is 1270. The summed E-state index contributed by atoms with van der Waals surface area (Å²) in [5, 5.41) is 2.99. The van der Waals surface area contributed by atoms with E-state index < -0.39 is 0 Å². The quantitative estimate of drug-likeness (QED) is 0.476. The van der Waals surface area contributed by atoms with Crippen LogP contribution in [-0.2, 0) is 13.1 Å². The summed E-state index contributed by atoms with van der Waals surface area (Å²) in [6.45, 7) is 6.70. The fourth-order valence-corrected chi connectivity index (χ4v) is 4.55. The Morgan fingerprint density at radius 3 is 2.50 bits per heavy atom. The highest BCUT2D eigenvalue weighted by molar-refractivity contribution is 7.09. The molecular formula is C25H24N2O2S. The summed E-state index contributed by atoms with van der Waals surface area (Å²) in [7, 11) is 0. The van der Waals surface area contributed by atoms with Crippen LogP contribution in [0, 0.1) is 20.8 Å². The molecule has 1 N–H and O–H groups in total. The van der Waals surface area contributed by atoms with Crippen molar-refractivity contribution in [2.24, 2.45) is 0 Å². The molecule has 0 saturated heterocycles. The van der Waals surface area contributed by atoms with Gasteiger partial charge in [0, 0.05) is 16.0 Å². The van der Waals surface area contributed by atoms with Gasteiger partial charge in [-0.3, -0.25) is 9.59 Å². The Morgan fingerprint density at radius 1 is 0.967 bits per heavy atom. The topological polar surface area (TPSA) is 53.2 Å². The van der Waals surface area contributed by atoms with Crippen LogP contribution < -0.4 is 5.56 Å². The van der Waals surface area contributed by atoms with Crippen LogP contribution in [0.5, 0.6) is 0 Å². The molecule has 4 aromatic rings. The fraction of sp³-hybridized carbons (Fsp3) is 0.200. The summed E-state index contributed by atoms with van der Waals surface area (Å²) in [5.41, 5.74) is 5.07. The van der Waals surface area contributed by atoms with Crippen LogP contribution in [0.4, 0.5) is 0 Å². The zero-order valence-corrected chi connectivity index (χ0v) is 18.2. The molecule has 1 amide bonds. The van der Waals surface area contributed by atoms with Gasteiger partial charge in [0.25, 0.3) is 11.5 Å². The maximum Gasteiger partial charge on any atom is 0.254 e. The molecule has 0 saturated carbocycles. The molecule has 0 aliphatic carbocycles. The minimum atomic E-state index is -0.150. The lowest BCUT2D eigenvalue weighted by Gasteiger charge is -2.23. The molecule has 30 heavy (non-hydrogen) atoms. The maximum absolute atomic E-state index is 13.4. The van der Waals surface area contributed by atoms with E-state index in [9.17, 15) is 9.59 Å². The number of thiophene rings is 1. The molecule has 2 aromatic heterocycles. The highest BCUT2D eigenvalue weighted by Gasteiger charge is 2.20. The minimum Gasteiger partial charge on any atom is -0.329 e. The number of nitrogens with zero attached hydrogens (tertiary/aromatic N) is 1. The molecule has 2 aromatic carbocycles. The number of hydrogen-bond acceptors (Lipinski definition) is 3. The normalized spacial score (nSPS) is 11.0. The third-order valence-electron chi connectivity index (χ3n) is 5.32. The van der Waals surface area contributed by atoms with Crippen molar-refractivity contribution in [2.75, 3.05) is 0 Å². The van der Waals surface area contributed by atoms with Crippen LogP contribution >= 0.6 is 11.3 Å². The largest absolute Gasteiger partial charge is 0.329 e. The summed E-state index contributed by atoms with van der Waals surface area (Å²) in [5.74, 6) is -0.0681. The van der Waals surface area contributed by atoms with Crippen molar-refractivity contribution in [3.8, 4) is 0 Å². The van der Waals surface area contributed by atoms with Crippen molar-refractivity contribution < 1.29 is 4.79 Å². The number of aryl methyl sites for hydroxylation is 3. The van der Waals surface area contributed by atoms with E-state index in [1.807, 2.05) is 68.6 Å². The number of carbonyl (C=O) groups excluding carboxylic acids is 1. The number of fused-ring (bicyclic) bond motifs is 1. The summed E-state index contributed by atoms with van der Waals surface area (Å²) in [4.78, 5) is 32.1. The van der Waals surface area contributed by atoms with E-state index in [0.29, 0.717) is 17.7 Å². The second-order valence-corrected chi connectivity index (χ2v) is 8.76. The molecular weight excluding hydrogens is 392 g/mol. The molecule has 0 spiro atoms. The first kappa shape index (κ1) is 20.1. The zero-order valence-electron chi connectivity index (χ0n) is 17.4. The Hall–Kier alpha value is -3.18. The Kier molecular flexibility index (Phi) is 5.55. The van der Waals surface area contributed by atoms with Gasteiger partial charge in [0.1, 0.15) is 0 Å². The van der Waals surface area contributed by atoms with Gasteiger partial charge in [0.15, 0.2) is 0 Å². The number of amides is 1. The van der Waals surface area contributed by atoms with Crippen LogP contribution in [0.2, 0.25) is 0 Å². The number of pyridine rings is 1. The second-order valence-electron chi connectivity index (χ2n) is 7.73. The lowest BCUT2D eigenvalue weighted by Crippen LogP contribution is -2.32. The first-order chi connectivity index (χ1) is 14.4. The van der Waals surface area contributed by atoms with E-state index >= 15 is 0 Å². The van der Waals surface area contributed by atoms with Gasteiger partial charge >= 0.3 is 0 Å². The summed E-state index contributed by atoms with van der Waals surface area (Å²) < 4.78 is 0. The van der Waals surface area contributed by atoms with Crippen molar-refractivity contribution in [2.45, 2.75) is 33.9 Å². The Labute approximate surface area is 179 Å². The van der Waals surface area contributed by atoms with Crippen LogP contribution in [0.3, 0.4) is 0 Å². The third-order valence-corrected chi connectivity index (χ3v) is 6.18. The van der Waals surface area contributed by atoms with Gasteiger partial charge < -0.3 is 9.88 Å². The molecule has 0 radical (unpaired) electrons. The van der Waals surface area contributed by atoms with Gasteiger partial charge in [-0.25, -0.2) is 0 Å². The number of hydrogen-bond donors (Lipinski definition) is 1. The highest BCUT2D eigenvalue weighted by atomic mass is 32.1. The number of rotatable bonds is 5. The molecule has 0 aliphatic heterocycles. The average molecular weight is 417 g/mol. The van der Waals surface area contributed by atoms with Gasteiger partial charge in [0.2, 0.25) is 0 Å². The third kappa shape index (κ3) is 4.07. The van der Waals surface area contributed by atoms with Crippen LogP contribution in [0.1, 0.15) is 37.5 Å². The lowest BCUT2D eigenvalue weighted by molar-refractivity contribution is 0.0730. The average Bonchev–Trinajstić information content (AvgIpc) is 3.22. The van der Waals surface area contributed by atoms with Gasteiger partial charge in [-0.2, -0.15) is 0 Å².